The summed E-state index contributed by atoms with van der Waals surface area (Å²) in [5.41, 5.74) is -0.369. The molecular formula is C12H7F9INO. The molecule has 24 heavy (non-hydrogen) atoms. The molecule has 12 heteroatoms. The number of halogens is 10. The van der Waals surface area contributed by atoms with Crippen LogP contribution < -0.4 is 4.74 Å². The normalized spacial score (nSPS) is 14.7. The monoisotopic (exact) mass is 479 g/mol. The molecule has 0 fully saturated rings. The van der Waals surface area contributed by atoms with Crippen LogP contribution in [0.15, 0.2) is 29.3 Å². The first-order valence-corrected chi connectivity index (χ1v) is 6.85. The summed E-state index contributed by atoms with van der Waals surface area (Å²) in [4.78, 5) is 2.99. The van der Waals surface area contributed by atoms with Crippen molar-refractivity contribution in [3.8, 4) is 5.75 Å². The van der Waals surface area contributed by atoms with Gasteiger partial charge in [-0.1, -0.05) is 0 Å². The number of benzene rings is 1. The van der Waals surface area contributed by atoms with Crippen LogP contribution in [0, 0.1) is 0 Å². The summed E-state index contributed by atoms with van der Waals surface area (Å²) in [6, 6.07) is 4.44. The second kappa shape index (κ2) is 6.59. The second-order valence-electron chi connectivity index (χ2n) is 4.32. The van der Waals surface area contributed by atoms with E-state index < -0.39 is 27.7 Å². The van der Waals surface area contributed by atoms with E-state index >= 15 is 0 Å². The van der Waals surface area contributed by atoms with Crippen LogP contribution in [0.1, 0.15) is 0 Å². The maximum atomic E-state index is 13.6. The SMILES string of the molecule is COc1ccc(N=C(I)C(F)(F)C(F)(F)C(F)(F)C(F)(F)F)cc1. The quantitative estimate of drug-likeness (QED) is 0.305. The van der Waals surface area contributed by atoms with Crippen molar-refractivity contribution in [2.45, 2.75) is 23.9 Å². The number of aliphatic imine (C=N–C) groups is 1. The van der Waals surface area contributed by atoms with Gasteiger partial charge in [0.15, 0.2) is 3.72 Å². The molecule has 0 amide bonds. The van der Waals surface area contributed by atoms with E-state index in [0.29, 0.717) is 22.6 Å². The highest BCUT2D eigenvalue weighted by molar-refractivity contribution is 14.1. The topological polar surface area (TPSA) is 21.6 Å². The van der Waals surface area contributed by atoms with Crippen LogP contribution in [0.3, 0.4) is 0 Å². The minimum absolute atomic E-state index is 0.254. The number of hydrogen-bond donors (Lipinski definition) is 0. The van der Waals surface area contributed by atoms with Gasteiger partial charge in [-0.2, -0.15) is 39.5 Å². The molecule has 0 aliphatic heterocycles. The molecular weight excluding hydrogens is 472 g/mol. The van der Waals surface area contributed by atoms with Gasteiger partial charge in [0, 0.05) is 0 Å². The van der Waals surface area contributed by atoms with Gasteiger partial charge >= 0.3 is 23.9 Å². The Morgan fingerprint density at radius 3 is 1.71 bits per heavy atom. The summed E-state index contributed by atoms with van der Waals surface area (Å²) in [7, 11) is 1.27. The number of nitrogens with zero attached hydrogens (tertiary/aromatic N) is 1. The number of rotatable bonds is 5. The molecule has 0 N–H and O–H groups in total. The minimum Gasteiger partial charge on any atom is -0.497 e. The third-order valence-corrected chi connectivity index (χ3v) is 3.62. The zero-order valence-electron chi connectivity index (χ0n) is 11.4. The van der Waals surface area contributed by atoms with E-state index in [0.717, 1.165) is 12.1 Å². The fourth-order valence-corrected chi connectivity index (χ4v) is 1.96. The molecule has 1 rings (SSSR count). The van der Waals surface area contributed by atoms with E-state index in [1.54, 1.807) is 0 Å². The van der Waals surface area contributed by atoms with Crippen LogP contribution in [0.5, 0.6) is 5.75 Å². The molecule has 0 bridgehead atoms. The number of hydrogen-bond acceptors (Lipinski definition) is 2. The van der Waals surface area contributed by atoms with Gasteiger partial charge in [0.2, 0.25) is 0 Å². The Hall–Kier alpha value is -1.21. The lowest BCUT2D eigenvalue weighted by Crippen LogP contribution is -2.62. The van der Waals surface area contributed by atoms with E-state index in [2.05, 4.69) is 4.99 Å². The van der Waals surface area contributed by atoms with Gasteiger partial charge in [-0.25, -0.2) is 4.99 Å². The van der Waals surface area contributed by atoms with Crippen LogP contribution >= 0.6 is 22.6 Å². The minimum atomic E-state index is -6.95. The first-order valence-electron chi connectivity index (χ1n) is 5.77. The molecule has 2 nitrogen and oxygen atoms in total. The van der Waals surface area contributed by atoms with Crippen LogP contribution in [0.2, 0.25) is 0 Å². The van der Waals surface area contributed by atoms with Crippen LogP contribution in [0.25, 0.3) is 0 Å². The first kappa shape index (κ1) is 20.8. The van der Waals surface area contributed by atoms with Crippen LogP contribution in [0.4, 0.5) is 45.2 Å². The molecule has 1 aromatic rings. The van der Waals surface area contributed by atoms with Crippen molar-refractivity contribution in [3.05, 3.63) is 24.3 Å². The summed E-state index contributed by atoms with van der Waals surface area (Å²) in [6.07, 6.45) is -6.86. The summed E-state index contributed by atoms with van der Waals surface area (Å²) in [5.74, 6) is -19.3. The number of methoxy groups -OCH3 is 1. The van der Waals surface area contributed by atoms with E-state index in [4.69, 9.17) is 4.74 Å². The Morgan fingerprint density at radius 1 is 0.875 bits per heavy atom. The van der Waals surface area contributed by atoms with Crippen LogP contribution in [-0.2, 0) is 0 Å². The largest absolute Gasteiger partial charge is 0.497 e. The van der Waals surface area contributed by atoms with E-state index in [9.17, 15) is 39.5 Å². The van der Waals surface area contributed by atoms with Crippen molar-refractivity contribution in [2.24, 2.45) is 4.99 Å². The van der Waals surface area contributed by atoms with Crippen molar-refractivity contribution >= 4 is 32.0 Å². The third kappa shape index (κ3) is 3.57. The van der Waals surface area contributed by atoms with Crippen molar-refractivity contribution in [3.63, 3.8) is 0 Å². The fraction of sp³-hybridized carbons (Fsp3) is 0.417. The maximum Gasteiger partial charge on any atom is 0.460 e. The Bertz CT molecular complexity index is 610. The highest BCUT2D eigenvalue weighted by atomic mass is 127. The first-order chi connectivity index (χ1) is 10.7. The molecule has 0 atom stereocenters. The molecule has 136 valence electrons. The fourth-order valence-electron chi connectivity index (χ4n) is 1.35. The molecule has 0 unspecified atom stereocenters. The van der Waals surface area contributed by atoms with Gasteiger partial charge in [-0.05, 0) is 46.9 Å². The lowest BCUT2D eigenvalue weighted by atomic mass is 10.1. The number of alkyl halides is 9. The van der Waals surface area contributed by atoms with Crippen molar-refractivity contribution < 1.29 is 44.3 Å². The molecule has 0 spiro atoms. The zero-order valence-corrected chi connectivity index (χ0v) is 13.6. The average Bonchev–Trinajstić information content (AvgIpc) is 2.46. The Kier molecular flexibility index (Phi) is 5.72. The highest BCUT2D eigenvalue weighted by Crippen LogP contribution is 2.54. The van der Waals surface area contributed by atoms with Gasteiger partial charge in [0.1, 0.15) is 5.75 Å². The van der Waals surface area contributed by atoms with Crippen LogP contribution in [-0.4, -0.2) is 34.8 Å². The van der Waals surface area contributed by atoms with Gasteiger partial charge in [0.05, 0.1) is 12.8 Å². The van der Waals surface area contributed by atoms with Gasteiger partial charge in [0.25, 0.3) is 0 Å². The molecule has 0 aliphatic carbocycles. The van der Waals surface area contributed by atoms with Crippen molar-refractivity contribution in [1.82, 2.24) is 0 Å². The highest BCUT2D eigenvalue weighted by Gasteiger charge is 2.82. The molecule has 0 heterocycles. The summed E-state index contributed by atoms with van der Waals surface area (Å²) in [5, 5.41) is 0. The average molecular weight is 479 g/mol. The molecule has 0 saturated heterocycles. The van der Waals surface area contributed by atoms with E-state index in [1.807, 2.05) is 0 Å². The summed E-state index contributed by atoms with van der Waals surface area (Å²) < 4.78 is 118. The molecule has 0 radical (unpaired) electrons. The molecule has 1 aromatic carbocycles. The smallest absolute Gasteiger partial charge is 0.460 e. The van der Waals surface area contributed by atoms with Crippen molar-refractivity contribution in [1.29, 1.82) is 0 Å². The predicted octanol–water partition coefficient (Wildman–Crippen LogP) is 5.63. The predicted molar refractivity (Wildman–Crippen MR) is 75.0 cm³/mol. The number of ether oxygens (including phenoxy) is 1. The van der Waals surface area contributed by atoms with E-state index in [1.165, 1.54) is 19.2 Å². The second-order valence-corrected chi connectivity index (χ2v) is 5.34. The third-order valence-electron chi connectivity index (χ3n) is 2.70. The Morgan fingerprint density at radius 2 is 1.33 bits per heavy atom. The lowest BCUT2D eigenvalue weighted by molar-refractivity contribution is -0.384. The molecule has 0 aliphatic rings. The zero-order chi connectivity index (χ0) is 19.0. The Labute approximate surface area is 142 Å². The Balaban J connectivity index is 3.27. The van der Waals surface area contributed by atoms with Crippen molar-refractivity contribution in [2.75, 3.05) is 7.11 Å². The summed E-state index contributed by atoms with van der Waals surface area (Å²) in [6.45, 7) is 0. The lowest BCUT2D eigenvalue weighted by Gasteiger charge is -2.32. The maximum absolute atomic E-state index is 13.6. The standard InChI is InChI=1S/C12H7F9INO/c1-24-7-4-2-6(3-5-7)23-8(22)9(13,14)10(15,16)11(17,18)12(19,20)21/h2-5H,1H3. The summed E-state index contributed by atoms with van der Waals surface area (Å²) >= 11 is 0.487. The van der Waals surface area contributed by atoms with E-state index in [-0.39, 0.29) is 11.4 Å². The molecule has 0 aromatic heterocycles. The molecule has 0 saturated carbocycles. The van der Waals surface area contributed by atoms with Gasteiger partial charge < -0.3 is 4.74 Å². The van der Waals surface area contributed by atoms with Gasteiger partial charge in [-0.15, -0.1) is 0 Å². The van der Waals surface area contributed by atoms with Gasteiger partial charge in [-0.3, -0.25) is 0 Å².